The van der Waals surface area contributed by atoms with Crippen molar-refractivity contribution in [1.82, 2.24) is 10.2 Å². The zero-order chi connectivity index (χ0) is 14.7. The van der Waals surface area contributed by atoms with Crippen molar-refractivity contribution in [2.45, 2.75) is 19.0 Å². The molecule has 1 N–H and O–H groups in total. The molecule has 3 unspecified atom stereocenters. The van der Waals surface area contributed by atoms with E-state index in [1.54, 1.807) is 13.2 Å². The zero-order valence-electron chi connectivity index (χ0n) is 11.5. The van der Waals surface area contributed by atoms with Crippen molar-refractivity contribution in [2.75, 3.05) is 18.6 Å². The first kappa shape index (κ1) is 14.7. The van der Waals surface area contributed by atoms with Crippen molar-refractivity contribution in [3.05, 3.63) is 35.9 Å². The number of carbonyl (C=O) groups is 2. The summed E-state index contributed by atoms with van der Waals surface area (Å²) < 4.78 is 11.2. The summed E-state index contributed by atoms with van der Waals surface area (Å²) in [6.45, 7) is 2.02. The van der Waals surface area contributed by atoms with E-state index in [1.807, 2.05) is 30.3 Å². The third kappa shape index (κ3) is 3.07. The van der Waals surface area contributed by atoms with E-state index in [0.717, 1.165) is 5.56 Å². The quantitative estimate of drug-likeness (QED) is 0.877. The van der Waals surface area contributed by atoms with E-state index in [4.69, 9.17) is 0 Å². The lowest BCUT2D eigenvalue weighted by Gasteiger charge is -2.37. The number of nitrogens with one attached hydrogen (secondary N) is 1. The molecule has 1 saturated heterocycles. The fraction of sp³-hybridized carbons (Fsp3) is 0.429. The smallest absolute Gasteiger partial charge is 0.250 e. The molecule has 1 aromatic carbocycles. The SMILES string of the molecule is CC1C(=O)NC(c2ccccc2)C(=O)N1CCS(C)=O. The Kier molecular flexibility index (Phi) is 4.54. The van der Waals surface area contributed by atoms with Gasteiger partial charge in [-0.1, -0.05) is 30.3 Å². The molecule has 0 saturated carbocycles. The molecular weight excluding hydrogens is 276 g/mol. The number of hydrogen-bond acceptors (Lipinski definition) is 3. The highest BCUT2D eigenvalue weighted by molar-refractivity contribution is 7.84. The predicted molar refractivity (Wildman–Crippen MR) is 77.4 cm³/mol. The first-order valence-electron chi connectivity index (χ1n) is 6.46. The fourth-order valence-corrected chi connectivity index (χ4v) is 2.68. The molecule has 108 valence electrons. The van der Waals surface area contributed by atoms with Crippen molar-refractivity contribution in [2.24, 2.45) is 0 Å². The molecular formula is C14H18N2O3S. The Morgan fingerprint density at radius 2 is 1.90 bits per heavy atom. The average Bonchev–Trinajstić information content (AvgIpc) is 2.43. The summed E-state index contributed by atoms with van der Waals surface area (Å²) >= 11 is 0. The summed E-state index contributed by atoms with van der Waals surface area (Å²) in [4.78, 5) is 26.0. The van der Waals surface area contributed by atoms with Crippen LogP contribution in [0, 0.1) is 0 Å². The minimum atomic E-state index is -0.990. The number of benzene rings is 1. The molecule has 20 heavy (non-hydrogen) atoms. The number of rotatable bonds is 4. The Bertz CT molecular complexity index is 532. The van der Waals surface area contributed by atoms with Gasteiger partial charge in [0.1, 0.15) is 12.1 Å². The second kappa shape index (κ2) is 6.17. The lowest BCUT2D eigenvalue weighted by molar-refractivity contribution is -0.148. The summed E-state index contributed by atoms with van der Waals surface area (Å²) in [5, 5.41) is 2.74. The van der Waals surface area contributed by atoms with Crippen molar-refractivity contribution in [3.8, 4) is 0 Å². The van der Waals surface area contributed by atoms with Crippen LogP contribution in [0.25, 0.3) is 0 Å². The van der Waals surface area contributed by atoms with Crippen LogP contribution in [-0.4, -0.2) is 45.5 Å². The minimum Gasteiger partial charge on any atom is -0.339 e. The van der Waals surface area contributed by atoms with Crippen LogP contribution in [0.1, 0.15) is 18.5 Å². The molecule has 0 aliphatic carbocycles. The lowest BCUT2D eigenvalue weighted by atomic mass is 10.0. The largest absolute Gasteiger partial charge is 0.339 e. The molecule has 0 aromatic heterocycles. The number of carbonyl (C=O) groups excluding carboxylic acids is 2. The van der Waals surface area contributed by atoms with Gasteiger partial charge >= 0.3 is 0 Å². The van der Waals surface area contributed by atoms with E-state index >= 15 is 0 Å². The van der Waals surface area contributed by atoms with Gasteiger partial charge in [0, 0.05) is 29.4 Å². The Balaban J connectivity index is 2.22. The van der Waals surface area contributed by atoms with E-state index in [1.165, 1.54) is 4.90 Å². The van der Waals surface area contributed by atoms with Crippen LogP contribution in [0.3, 0.4) is 0 Å². The molecule has 2 amide bonds. The molecule has 3 atom stereocenters. The average molecular weight is 294 g/mol. The highest BCUT2D eigenvalue weighted by Gasteiger charge is 2.38. The van der Waals surface area contributed by atoms with Gasteiger partial charge in [-0.25, -0.2) is 0 Å². The lowest BCUT2D eigenvalue weighted by Crippen LogP contribution is -2.59. The van der Waals surface area contributed by atoms with Crippen LogP contribution >= 0.6 is 0 Å². The van der Waals surface area contributed by atoms with Gasteiger partial charge < -0.3 is 10.2 Å². The number of hydrogen-bond donors (Lipinski definition) is 1. The normalized spacial score (nSPS) is 24.4. The van der Waals surface area contributed by atoms with Gasteiger partial charge in [0.15, 0.2) is 0 Å². The van der Waals surface area contributed by atoms with Crippen LogP contribution in [0.2, 0.25) is 0 Å². The third-order valence-electron chi connectivity index (χ3n) is 3.42. The van der Waals surface area contributed by atoms with Crippen LogP contribution in [0.15, 0.2) is 30.3 Å². The molecule has 1 aromatic rings. The zero-order valence-corrected chi connectivity index (χ0v) is 12.4. The van der Waals surface area contributed by atoms with Gasteiger partial charge in [-0.3, -0.25) is 13.8 Å². The maximum absolute atomic E-state index is 12.5. The summed E-state index contributed by atoms with van der Waals surface area (Å²) in [5.74, 6) is 0.0549. The summed E-state index contributed by atoms with van der Waals surface area (Å²) in [5.41, 5.74) is 0.764. The maximum atomic E-state index is 12.5. The van der Waals surface area contributed by atoms with E-state index in [2.05, 4.69) is 5.32 Å². The maximum Gasteiger partial charge on any atom is 0.250 e. The summed E-state index contributed by atoms with van der Waals surface area (Å²) in [6, 6.07) is 7.98. The minimum absolute atomic E-state index is 0.145. The van der Waals surface area contributed by atoms with E-state index in [-0.39, 0.29) is 11.8 Å². The molecule has 1 fully saturated rings. The van der Waals surface area contributed by atoms with Gasteiger partial charge in [-0.2, -0.15) is 0 Å². The highest BCUT2D eigenvalue weighted by Crippen LogP contribution is 2.21. The van der Waals surface area contributed by atoms with Crippen LogP contribution < -0.4 is 5.32 Å². The van der Waals surface area contributed by atoms with Crippen LogP contribution in [0.4, 0.5) is 0 Å². The van der Waals surface area contributed by atoms with Gasteiger partial charge in [0.25, 0.3) is 5.91 Å². The molecule has 1 aliphatic rings. The topological polar surface area (TPSA) is 66.5 Å². The summed E-state index contributed by atoms with van der Waals surface area (Å²) in [7, 11) is -0.990. The van der Waals surface area contributed by atoms with Crippen molar-refractivity contribution < 1.29 is 13.8 Å². The first-order chi connectivity index (χ1) is 9.50. The highest BCUT2D eigenvalue weighted by atomic mass is 32.2. The van der Waals surface area contributed by atoms with Gasteiger partial charge in [-0.15, -0.1) is 0 Å². The molecule has 1 heterocycles. The monoisotopic (exact) mass is 294 g/mol. The second-order valence-corrected chi connectivity index (χ2v) is 6.39. The molecule has 0 spiro atoms. The van der Waals surface area contributed by atoms with E-state index in [9.17, 15) is 13.8 Å². The van der Waals surface area contributed by atoms with Crippen molar-refractivity contribution in [1.29, 1.82) is 0 Å². The van der Waals surface area contributed by atoms with Gasteiger partial charge in [-0.05, 0) is 12.5 Å². The number of nitrogens with zero attached hydrogens (tertiary/aromatic N) is 1. The Labute approximate surface area is 120 Å². The second-order valence-electron chi connectivity index (χ2n) is 4.84. The third-order valence-corrected chi connectivity index (χ3v) is 4.17. The van der Waals surface area contributed by atoms with Gasteiger partial charge in [0.2, 0.25) is 5.91 Å². The molecule has 5 nitrogen and oxygen atoms in total. The Hall–Kier alpha value is -1.69. The molecule has 6 heteroatoms. The van der Waals surface area contributed by atoms with Crippen LogP contribution in [0.5, 0.6) is 0 Å². The predicted octanol–water partition coefficient (Wildman–Crippen LogP) is 0.453. The number of amides is 2. The first-order valence-corrected chi connectivity index (χ1v) is 8.19. The Morgan fingerprint density at radius 3 is 2.50 bits per heavy atom. The van der Waals surface area contributed by atoms with Crippen LogP contribution in [-0.2, 0) is 20.4 Å². The standard InChI is InChI=1S/C14H18N2O3S/c1-10-13(17)15-12(11-6-4-3-5-7-11)14(18)16(10)8-9-20(2)19/h3-7,10,12H,8-9H2,1-2H3,(H,15,17). The van der Waals surface area contributed by atoms with Crippen molar-refractivity contribution >= 4 is 22.6 Å². The Morgan fingerprint density at radius 1 is 1.25 bits per heavy atom. The van der Waals surface area contributed by atoms with E-state index in [0.29, 0.717) is 12.3 Å². The molecule has 0 bridgehead atoms. The fourth-order valence-electron chi connectivity index (χ4n) is 2.22. The molecule has 1 aliphatic heterocycles. The summed E-state index contributed by atoms with van der Waals surface area (Å²) in [6.07, 6.45) is 1.59. The van der Waals surface area contributed by atoms with Gasteiger partial charge in [0.05, 0.1) is 0 Å². The molecule has 2 rings (SSSR count). The number of piperazine rings is 1. The van der Waals surface area contributed by atoms with Crippen molar-refractivity contribution in [3.63, 3.8) is 0 Å². The molecule has 0 radical (unpaired) electrons. The van der Waals surface area contributed by atoms with E-state index < -0.39 is 22.9 Å².